The third-order valence-electron chi connectivity index (χ3n) is 2.09. The Labute approximate surface area is 109 Å². The molecule has 0 atom stereocenters. The summed E-state index contributed by atoms with van der Waals surface area (Å²) >= 11 is 0. The molecule has 0 aliphatic rings. The van der Waals surface area contributed by atoms with Gasteiger partial charge in [-0.25, -0.2) is 14.6 Å². The first kappa shape index (κ1) is 17.2. The van der Waals surface area contributed by atoms with Crippen molar-refractivity contribution in [1.82, 2.24) is 0 Å². The minimum atomic E-state index is -1.24. The zero-order valence-corrected chi connectivity index (χ0v) is 12.1. The van der Waals surface area contributed by atoms with E-state index in [1.54, 1.807) is 0 Å². The van der Waals surface area contributed by atoms with Crippen molar-refractivity contribution in [2.75, 3.05) is 13.2 Å². The second kappa shape index (κ2) is 7.59. The van der Waals surface area contributed by atoms with Crippen molar-refractivity contribution in [1.29, 1.82) is 0 Å². The molecule has 0 saturated carbocycles. The van der Waals surface area contributed by atoms with E-state index in [2.05, 4.69) is 25.5 Å². The van der Waals surface area contributed by atoms with Crippen molar-refractivity contribution in [2.45, 2.75) is 59.5 Å². The van der Waals surface area contributed by atoms with E-state index in [1.807, 2.05) is 13.8 Å². The lowest BCUT2D eigenvalue weighted by Crippen LogP contribution is -2.30. The number of carbonyl (C=O) groups is 1. The van der Waals surface area contributed by atoms with Gasteiger partial charge in [0.15, 0.2) is 0 Å². The Morgan fingerprint density at radius 1 is 1.06 bits per heavy atom. The summed E-state index contributed by atoms with van der Waals surface area (Å²) in [6, 6.07) is 0. The van der Waals surface area contributed by atoms with Crippen LogP contribution in [0.2, 0.25) is 0 Å². The largest absolute Gasteiger partial charge is 0.505 e. The molecule has 0 aromatic rings. The minimum Gasteiger partial charge on any atom is -0.450 e. The normalized spacial score (nSPS) is 12.5. The summed E-state index contributed by atoms with van der Waals surface area (Å²) in [5, 5.41) is 8.25. The maximum absolute atomic E-state index is 10.1. The Morgan fingerprint density at radius 2 is 1.61 bits per heavy atom. The van der Waals surface area contributed by atoms with Crippen molar-refractivity contribution >= 4 is 6.16 Å². The molecule has 0 bridgehead atoms. The highest BCUT2D eigenvalue weighted by atomic mass is 17.2. The number of hydrogen-bond acceptors (Lipinski definition) is 4. The van der Waals surface area contributed by atoms with E-state index < -0.39 is 6.16 Å². The van der Waals surface area contributed by atoms with Gasteiger partial charge in [0, 0.05) is 0 Å². The van der Waals surface area contributed by atoms with Gasteiger partial charge in [-0.1, -0.05) is 20.8 Å². The summed E-state index contributed by atoms with van der Waals surface area (Å²) in [4.78, 5) is 20.6. The van der Waals surface area contributed by atoms with Crippen LogP contribution >= 0.6 is 0 Å². The zero-order chi connectivity index (χ0) is 14.2. The van der Waals surface area contributed by atoms with Gasteiger partial charge in [-0.15, -0.1) is 0 Å². The first-order valence-electron chi connectivity index (χ1n) is 6.29. The van der Waals surface area contributed by atoms with Crippen molar-refractivity contribution in [3.63, 3.8) is 0 Å². The molecule has 18 heavy (non-hydrogen) atoms. The van der Waals surface area contributed by atoms with Crippen LogP contribution in [0.15, 0.2) is 0 Å². The molecule has 0 aromatic carbocycles. The van der Waals surface area contributed by atoms with Gasteiger partial charge in [0.2, 0.25) is 0 Å². The van der Waals surface area contributed by atoms with E-state index in [4.69, 9.17) is 14.9 Å². The van der Waals surface area contributed by atoms with Crippen LogP contribution in [0.3, 0.4) is 0 Å². The predicted octanol–water partition coefficient (Wildman–Crippen LogP) is 3.62. The highest BCUT2D eigenvalue weighted by molar-refractivity contribution is 5.56. The summed E-state index contributed by atoms with van der Waals surface area (Å²) in [7, 11) is 0. The molecular weight excluding hydrogens is 236 g/mol. The van der Waals surface area contributed by atoms with Crippen LogP contribution in [0.1, 0.15) is 53.9 Å². The van der Waals surface area contributed by atoms with Crippen LogP contribution in [0, 0.1) is 5.41 Å². The number of ether oxygens (including phenoxy) is 1. The van der Waals surface area contributed by atoms with Gasteiger partial charge in [-0.05, 0) is 38.5 Å². The van der Waals surface area contributed by atoms with Gasteiger partial charge in [0.1, 0.15) is 0 Å². The van der Waals surface area contributed by atoms with E-state index in [0.29, 0.717) is 19.4 Å². The number of rotatable bonds is 8. The average molecular weight is 262 g/mol. The fourth-order valence-corrected chi connectivity index (χ4v) is 1.93. The predicted molar refractivity (Wildman–Crippen MR) is 68.4 cm³/mol. The Kier molecular flexibility index (Phi) is 7.25. The van der Waals surface area contributed by atoms with Crippen molar-refractivity contribution < 1.29 is 24.4 Å². The van der Waals surface area contributed by atoms with E-state index in [-0.39, 0.29) is 17.6 Å². The monoisotopic (exact) mass is 262 g/mol. The molecule has 0 amide bonds. The Balaban J connectivity index is 3.56. The van der Waals surface area contributed by atoms with Crippen molar-refractivity contribution in [3.05, 3.63) is 0 Å². The lowest BCUT2D eigenvalue weighted by atomic mass is 9.84. The first-order valence-corrected chi connectivity index (χ1v) is 6.29. The highest BCUT2D eigenvalue weighted by Crippen LogP contribution is 2.29. The van der Waals surface area contributed by atoms with Crippen LogP contribution in [-0.2, 0) is 14.5 Å². The molecule has 0 unspecified atom stereocenters. The molecule has 1 N–H and O–H groups in total. The molecule has 0 rings (SSSR count). The second-order valence-electron chi connectivity index (χ2n) is 6.22. The molecule has 0 spiro atoms. The molecule has 0 fully saturated rings. The van der Waals surface area contributed by atoms with E-state index in [0.717, 1.165) is 6.42 Å². The van der Waals surface area contributed by atoms with Gasteiger partial charge < -0.3 is 9.84 Å². The molecule has 0 heterocycles. The molecule has 0 aliphatic heterocycles. The topological polar surface area (TPSA) is 65.0 Å². The summed E-state index contributed by atoms with van der Waals surface area (Å²) in [5.41, 5.74) is -0.141. The van der Waals surface area contributed by atoms with Crippen LogP contribution < -0.4 is 0 Å². The number of hydrogen-bond donors (Lipinski definition) is 1. The van der Waals surface area contributed by atoms with E-state index in [1.165, 1.54) is 0 Å². The minimum absolute atomic E-state index is 0.183. The maximum Gasteiger partial charge on any atom is 0.505 e. The van der Waals surface area contributed by atoms with E-state index >= 15 is 0 Å². The Hall–Kier alpha value is -0.810. The molecule has 0 radical (unpaired) electrons. The average Bonchev–Trinajstić information content (AvgIpc) is 2.11. The lowest BCUT2D eigenvalue weighted by Gasteiger charge is -2.30. The molecule has 108 valence electrons. The summed E-state index contributed by atoms with van der Waals surface area (Å²) in [5.74, 6) is 0. The maximum atomic E-state index is 10.1. The molecule has 0 aliphatic carbocycles. The van der Waals surface area contributed by atoms with Gasteiger partial charge in [0.25, 0.3) is 0 Å². The van der Waals surface area contributed by atoms with Gasteiger partial charge in [0.05, 0.1) is 18.8 Å². The molecule has 0 saturated heterocycles. The third-order valence-corrected chi connectivity index (χ3v) is 2.09. The van der Waals surface area contributed by atoms with Gasteiger partial charge in [-0.3, -0.25) is 0 Å². The first-order chi connectivity index (χ1) is 8.12. The van der Waals surface area contributed by atoms with E-state index in [9.17, 15) is 4.79 Å². The lowest BCUT2D eigenvalue weighted by molar-refractivity contribution is -0.358. The SMILES string of the molecule is CC(C)(C)CC(C)(C)OOCCCCOC(=O)O. The zero-order valence-electron chi connectivity index (χ0n) is 12.1. The standard InChI is InChI=1S/C13H26O5/c1-12(2,3)10-13(4,5)18-17-9-7-6-8-16-11(14)15/h6-10H2,1-5H3,(H,14,15). The number of carboxylic acid groups (broad SMARTS) is 1. The van der Waals surface area contributed by atoms with Crippen molar-refractivity contribution in [3.8, 4) is 0 Å². The summed E-state index contributed by atoms with van der Waals surface area (Å²) in [6.07, 6.45) is 0.995. The van der Waals surface area contributed by atoms with Crippen molar-refractivity contribution in [2.24, 2.45) is 5.41 Å². The third kappa shape index (κ3) is 11.7. The summed E-state index contributed by atoms with van der Waals surface area (Å²) in [6.45, 7) is 11.1. The van der Waals surface area contributed by atoms with Gasteiger partial charge in [-0.2, -0.15) is 0 Å². The highest BCUT2D eigenvalue weighted by Gasteiger charge is 2.27. The Bertz CT molecular complexity index is 242. The molecule has 5 heteroatoms. The van der Waals surface area contributed by atoms with Crippen LogP contribution in [0.4, 0.5) is 4.79 Å². The Morgan fingerprint density at radius 3 is 2.11 bits per heavy atom. The van der Waals surface area contributed by atoms with Crippen LogP contribution in [-0.4, -0.2) is 30.1 Å². The number of unbranched alkanes of at least 4 members (excludes halogenated alkanes) is 1. The fourth-order valence-electron chi connectivity index (χ4n) is 1.93. The molecule has 5 nitrogen and oxygen atoms in total. The quantitative estimate of drug-likeness (QED) is 0.313. The smallest absolute Gasteiger partial charge is 0.450 e. The fraction of sp³-hybridized carbons (Fsp3) is 0.923. The molecule has 0 aromatic heterocycles. The summed E-state index contributed by atoms with van der Waals surface area (Å²) < 4.78 is 4.38. The van der Waals surface area contributed by atoms with Crippen LogP contribution in [0.25, 0.3) is 0 Å². The van der Waals surface area contributed by atoms with Crippen LogP contribution in [0.5, 0.6) is 0 Å². The second-order valence-corrected chi connectivity index (χ2v) is 6.22. The molecular formula is C13H26O5. The van der Waals surface area contributed by atoms with Gasteiger partial charge >= 0.3 is 6.16 Å².